The molecule has 2 rings (SSSR count). The first-order chi connectivity index (χ1) is 6.68. The van der Waals surface area contributed by atoms with Crippen LogP contribution in [0.4, 0.5) is 0 Å². The Balaban J connectivity index is 2.41. The summed E-state index contributed by atoms with van der Waals surface area (Å²) < 4.78 is 0. The lowest BCUT2D eigenvalue weighted by Gasteiger charge is -1.93. The minimum absolute atomic E-state index is 0.0920. The summed E-state index contributed by atoms with van der Waals surface area (Å²) in [6.45, 7) is 3.80. The lowest BCUT2D eigenvalue weighted by Crippen LogP contribution is -1.98. The highest BCUT2D eigenvalue weighted by molar-refractivity contribution is 7.14. The predicted molar refractivity (Wildman–Crippen MR) is 59.3 cm³/mol. The quantitative estimate of drug-likeness (QED) is 0.732. The summed E-state index contributed by atoms with van der Waals surface area (Å²) in [5, 5.41) is 4.73. The average molecular weight is 223 g/mol. The molecule has 0 fully saturated rings. The van der Waals surface area contributed by atoms with Gasteiger partial charge in [-0.3, -0.25) is 4.79 Å². The Morgan fingerprint density at radius 2 is 2.21 bits per heavy atom. The number of thiophene rings is 1. The van der Waals surface area contributed by atoms with Gasteiger partial charge in [-0.2, -0.15) is 11.3 Å². The first-order valence-electron chi connectivity index (χ1n) is 4.19. The van der Waals surface area contributed by atoms with Crippen molar-refractivity contribution in [3.8, 4) is 0 Å². The highest BCUT2D eigenvalue weighted by Gasteiger charge is 2.15. The summed E-state index contributed by atoms with van der Waals surface area (Å²) in [7, 11) is 0. The third kappa shape index (κ3) is 1.63. The maximum absolute atomic E-state index is 11.9. The van der Waals surface area contributed by atoms with Crippen LogP contribution in [0.2, 0.25) is 0 Å². The van der Waals surface area contributed by atoms with Gasteiger partial charge in [-0.05, 0) is 25.3 Å². The van der Waals surface area contributed by atoms with E-state index in [1.165, 1.54) is 22.7 Å². The number of thiazole rings is 1. The highest BCUT2D eigenvalue weighted by Crippen LogP contribution is 2.21. The van der Waals surface area contributed by atoms with E-state index in [4.69, 9.17) is 0 Å². The molecular weight excluding hydrogens is 214 g/mol. The fourth-order valence-corrected chi connectivity index (χ4v) is 2.78. The minimum atomic E-state index is 0.0920. The molecule has 0 aliphatic carbocycles. The van der Waals surface area contributed by atoms with Crippen molar-refractivity contribution in [2.75, 3.05) is 0 Å². The Labute approximate surface area is 90.2 Å². The van der Waals surface area contributed by atoms with Gasteiger partial charge in [0.2, 0.25) is 5.78 Å². The average Bonchev–Trinajstić information content (AvgIpc) is 2.73. The van der Waals surface area contributed by atoms with Crippen molar-refractivity contribution in [2.24, 2.45) is 0 Å². The largest absolute Gasteiger partial charge is 0.288 e. The van der Waals surface area contributed by atoms with Crippen LogP contribution in [-0.4, -0.2) is 10.8 Å². The molecule has 0 aromatic carbocycles. The van der Waals surface area contributed by atoms with E-state index in [0.717, 1.165) is 21.1 Å². The van der Waals surface area contributed by atoms with Gasteiger partial charge in [-0.25, -0.2) is 4.98 Å². The number of aromatic nitrogens is 1. The van der Waals surface area contributed by atoms with Crippen molar-refractivity contribution in [3.63, 3.8) is 0 Å². The van der Waals surface area contributed by atoms with E-state index in [1.807, 2.05) is 30.7 Å². The summed E-state index contributed by atoms with van der Waals surface area (Å²) in [4.78, 5) is 16.9. The van der Waals surface area contributed by atoms with Crippen molar-refractivity contribution >= 4 is 28.5 Å². The Kier molecular flexibility index (Phi) is 2.48. The van der Waals surface area contributed by atoms with Gasteiger partial charge in [0.1, 0.15) is 0 Å². The van der Waals surface area contributed by atoms with Crippen LogP contribution in [0.15, 0.2) is 16.8 Å². The summed E-state index contributed by atoms with van der Waals surface area (Å²) in [6, 6.07) is 1.85. The highest BCUT2D eigenvalue weighted by atomic mass is 32.1. The zero-order valence-electron chi connectivity index (χ0n) is 7.90. The van der Waals surface area contributed by atoms with Gasteiger partial charge in [0.05, 0.1) is 15.6 Å². The van der Waals surface area contributed by atoms with Crippen molar-refractivity contribution in [1.29, 1.82) is 0 Å². The van der Waals surface area contributed by atoms with Gasteiger partial charge in [0.25, 0.3) is 0 Å². The topological polar surface area (TPSA) is 30.0 Å². The van der Waals surface area contributed by atoms with Gasteiger partial charge in [-0.1, -0.05) is 0 Å². The molecule has 72 valence electrons. The molecule has 0 spiro atoms. The smallest absolute Gasteiger partial charge is 0.205 e. The van der Waals surface area contributed by atoms with Crippen molar-refractivity contribution in [3.05, 3.63) is 38.0 Å². The predicted octanol–water partition coefficient (Wildman–Crippen LogP) is 3.05. The molecule has 0 saturated carbocycles. The molecule has 2 heterocycles. The second-order valence-corrected chi connectivity index (χ2v) is 4.97. The van der Waals surface area contributed by atoms with E-state index in [2.05, 4.69) is 4.98 Å². The molecule has 0 N–H and O–H groups in total. The van der Waals surface area contributed by atoms with Crippen LogP contribution in [0.3, 0.4) is 0 Å². The Hall–Kier alpha value is -1.00. The number of hydrogen-bond donors (Lipinski definition) is 0. The summed E-state index contributed by atoms with van der Waals surface area (Å²) in [6.07, 6.45) is 0. The zero-order valence-corrected chi connectivity index (χ0v) is 9.54. The number of carbonyl (C=O) groups excluding carboxylic acids is 1. The summed E-state index contributed by atoms with van der Waals surface area (Å²) >= 11 is 3.00. The Morgan fingerprint density at radius 3 is 2.71 bits per heavy atom. The van der Waals surface area contributed by atoms with Gasteiger partial charge in [-0.15, -0.1) is 11.3 Å². The zero-order chi connectivity index (χ0) is 10.1. The molecule has 0 atom stereocenters. The lowest BCUT2D eigenvalue weighted by molar-refractivity contribution is 0.104. The minimum Gasteiger partial charge on any atom is -0.288 e. The Morgan fingerprint density at radius 1 is 1.43 bits per heavy atom. The van der Waals surface area contributed by atoms with Gasteiger partial charge < -0.3 is 0 Å². The van der Waals surface area contributed by atoms with Gasteiger partial charge in [0.15, 0.2) is 0 Å². The monoisotopic (exact) mass is 223 g/mol. The number of nitrogens with zero attached hydrogens (tertiary/aromatic N) is 1. The Bertz CT molecular complexity index is 456. The van der Waals surface area contributed by atoms with E-state index in [0.29, 0.717) is 0 Å². The molecule has 0 amide bonds. The number of ketones is 1. The fraction of sp³-hybridized carbons (Fsp3) is 0.200. The van der Waals surface area contributed by atoms with Crippen LogP contribution in [-0.2, 0) is 0 Å². The van der Waals surface area contributed by atoms with Crippen LogP contribution < -0.4 is 0 Å². The van der Waals surface area contributed by atoms with Crippen LogP contribution in [0, 0.1) is 13.8 Å². The molecule has 0 saturated heterocycles. The second kappa shape index (κ2) is 3.63. The lowest BCUT2D eigenvalue weighted by atomic mass is 10.2. The number of hydrogen-bond acceptors (Lipinski definition) is 4. The number of aryl methyl sites for hydroxylation is 2. The third-order valence-corrected chi connectivity index (χ3v) is 3.65. The molecule has 2 aromatic heterocycles. The molecule has 4 heteroatoms. The fourth-order valence-electron chi connectivity index (χ4n) is 1.27. The number of rotatable bonds is 2. The van der Waals surface area contributed by atoms with E-state index in [1.54, 1.807) is 0 Å². The summed E-state index contributed by atoms with van der Waals surface area (Å²) in [5.74, 6) is 0.0920. The van der Waals surface area contributed by atoms with Crippen LogP contribution in [0.5, 0.6) is 0 Å². The van der Waals surface area contributed by atoms with E-state index in [-0.39, 0.29) is 5.78 Å². The molecule has 0 aliphatic heterocycles. The second-order valence-electron chi connectivity index (χ2n) is 2.99. The summed E-state index contributed by atoms with van der Waals surface area (Å²) in [5.41, 5.74) is 1.60. The SMILES string of the molecule is Cc1nc(C)c(C(=O)c2ccsc2)s1. The molecule has 0 radical (unpaired) electrons. The molecule has 2 aromatic rings. The van der Waals surface area contributed by atoms with Crippen LogP contribution in [0.1, 0.15) is 25.9 Å². The molecule has 0 aliphatic rings. The third-order valence-electron chi connectivity index (χ3n) is 1.89. The van der Waals surface area contributed by atoms with E-state index >= 15 is 0 Å². The van der Waals surface area contributed by atoms with Crippen molar-refractivity contribution < 1.29 is 4.79 Å². The molecule has 2 nitrogen and oxygen atoms in total. The molecule has 14 heavy (non-hydrogen) atoms. The molecule has 0 bridgehead atoms. The van der Waals surface area contributed by atoms with Crippen molar-refractivity contribution in [2.45, 2.75) is 13.8 Å². The van der Waals surface area contributed by atoms with Gasteiger partial charge in [0, 0.05) is 10.9 Å². The van der Waals surface area contributed by atoms with Crippen molar-refractivity contribution in [1.82, 2.24) is 4.98 Å². The van der Waals surface area contributed by atoms with E-state index < -0.39 is 0 Å². The van der Waals surface area contributed by atoms with Gasteiger partial charge >= 0.3 is 0 Å². The first kappa shape index (κ1) is 9.55. The maximum atomic E-state index is 11.9. The van der Waals surface area contributed by atoms with E-state index in [9.17, 15) is 4.79 Å². The van der Waals surface area contributed by atoms with Crippen LogP contribution >= 0.6 is 22.7 Å². The molecule has 0 unspecified atom stereocenters. The maximum Gasteiger partial charge on any atom is 0.205 e. The first-order valence-corrected chi connectivity index (χ1v) is 5.95. The number of carbonyl (C=O) groups is 1. The molecular formula is C10H9NOS2. The normalized spacial score (nSPS) is 10.4. The standard InChI is InChI=1S/C10H9NOS2/c1-6-10(14-7(2)11-6)9(12)8-3-4-13-5-8/h3-5H,1-2H3. The van der Waals surface area contributed by atoms with Crippen LogP contribution in [0.25, 0.3) is 0 Å².